The summed E-state index contributed by atoms with van der Waals surface area (Å²) in [4.78, 5) is 34.0. The highest BCUT2D eigenvalue weighted by Gasteiger charge is 2.13. The Morgan fingerprint density at radius 3 is 2.37 bits per heavy atom. The summed E-state index contributed by atoms with van der Waals surface area (Å²) in [7, 11) is 4.87. The second-order valence-electron chi connectivity index (χ2n) is 5.91. The first-order chi connectivity index (χ1) is 12.9. The minimum Gasteiger partial charge on any atom is -0.375 e. The topological polar surface area (TPSA) is 108 Å². The SMILES string of the molecule is CNc1ncc(CN(C)C(=O)Nc2cccc(NC(=O)COC)c2C)cn1. The van der Waals surface area contributed by atoms with Gasteiger partial charge in [0.2, 0.25) is 11.9 Å². The average molecular weight is 372 g/mol. The maximum Gasteiger partial charge on any atom is 0.321 e. The fourth-order valence-electron chi connectivity index (χ4n) is 2.35. The van der Waals surface area contributed by atoms with E-state index in [4.69, 9.17) is 4.74 Å². The zero-order chi connectivity index (χ0) is 19.8. The molecule has 0 unspecified atom stereocenters. The summed E-state index contributed by atoms with van der Waals surface area (Å²) in [6.45, 7) is 2.15. The third kappa shape index (κ3) is 5.65. The number of methoxy groups -OCH3 is 1. The summed E-state index contributed by atoms with van der Waals surface area (Å²) in [5.74, 6) is 0.264. The van der Waals surface area contributed by atoms with Crippen molar-refractivity contribution in [1.29, 1.82) is 0 Å². The van der Waals surface area contributed by atoms with Gasteiger partial charge in [-0.3, -0.25) is 4.79 Å². The zero-order valence-electron chi connectivity index (χ0n) is 15.9. The van der Waals surface area contributed by atoms with Gasteiger partial charge in [0.05, 0.1) is 6.54 Å². The van der Waals surface area contributed by atoms with E-state index in [0.29, 0.717) is 23.9 Å². The van der Waals surface area contributed by atoms with Crippen molar-refractivity contribution in [2.24, 2.45) is 0 Å². The molecule has 9 nitrogen and oxygen atoms in total. The first-order valence-corrected chi connectivity index (χ1v) is 8.33. The second-order valence-corrected chi connectivity index (χ2v) is 5.91. The Labute approximate surface area is 158 Å². The van der Waals surface area contributed by atoms with Gasteiger partial charge in [-0.1, -0.05) is 6.07 Å². The van der Waals surface area contributed by atoms with Gasteiger partial charge >= 0.3 is 6.03 Å². The zero-order valence-corrected chi connectivity index (χ0v) is 15.9. The number of benzene rings is 1. The van der Waals surface area contributed by atoms with Crippen LogP contribution in [0.1, 0.15) is 11.1 Å². The van der Waals surface area contributed by atoms with E-state index in [0.717, 1.165) is 11.1 Å². The minimum absolute atomic E-state index is 0.0345. The number of hydrogen-bond donors (Lipinski definition) is 3. The van der Waals surface area contributed by atoms with Crippen molar-refractivity contribution in [2.75, 3.05) is 43.8 Å². The van der Waals surface area contributed by atoms with Crippen LogP contribution in [-0.4, -0.2) is 54.6 Å². The molecule has 3 amide bonds. The van der Waals surface area contributed by atoms with Gasteiger partial charge in [-0.05, 0) is 24.6 Å². The van der Waals surface area contributed by atoms with Crippen LogP contribution in [0.4, 0.5) is 22.1 Å². The molecule has 0 fully saturated rings. The Morgan fingerprint density at radius 1 is 1.15 bits per heavy atom. The lowest BCUT2D eigenvalue weighted by molar-refractivity contribution is -0.119. The number of rotatable bonds is 7. The number of anilines is 3. The number of hydrogen-bond acceptors (Lipinski definition) is 6. The van der Waals surface area contributed by atoms with Crippen LogP contribution < -0.4 is 16.0 Å². The Hall–Kier alpha value is -3.20. The summed E-state index contributed by atoms with van der Waals surface area (Å²) in [6, 6.07) is 5.02. The molecule has 0 bridgehead atoms. The van der Waals surface area contributed by atoms with Crippen LogP contribution in [0, 0.1) is 6.92 Å². The highest BCUT2D eigenvalue weighted by atomic mass is 16.5. The van der Waals surface area contributed by atoms with Crippen molar-refractivity contribution in [2.45, 2.75) is 13.5 Å². The van der Waals surface area contributed by atoms with E-state index >= 15 is 0 Å². The molecule has 0 aliphatic heterocycles. The first-order valence-electron chi connectivity index (χ1n) is 8.33. The van der Waals surface area contributed by atoms with Gasteiger partial charge in [0.15, 0.2) is 0 Å². The van der Waals surface area contributed by atoms with E-state index in [9.17, 15) is 9.59 Å². The van der Waals surface area contributed by atoms with Crippen LogP contribution in [0.5, 0.6) is 0 Å². The van der Waals surface area contributed by atoms with Crippen molar-refractivity contribution in [3.8, 4) is 0 Å². The van der Waals surface area contributed by atoms with Gasteiger partial charge < -0.3 is 25.6 Å². The summed E-state index contributed by atoms with van der Waals surface area (Å²) >= 11 is 0. The third-order valence-corrected chi connectivity index (χ3v) is 3.82. The normalized spacial score (nSPS) is 10.2. The lowest BCUT2D eigenvalue weighted by Gasteiger charge is -2.19. The predicted molar refractivity (Wildman–Crippen MR) is 104 cm³/mol. The summed E-state index contributed by atoms with van der Waals surface area (Å²) in [6.07, 6.45) is 3.33. The number of nitrogens with one attached hydrogen (secondary N) is 3. The molecule has 27 heavy (non-hydrogen) atoms. The van der Waals surface area contributed by atoms with Gasteiger partial charge in [0.25, 0.3) is 0 Å². The summed E-state index contributed by atoms with van der Waals surface area (Å²) in [5, 5.41) is 8.45. The Balaban J connectivity index is 2.02. The Kier molecular flexibility index (Phi) is 7.07. The molecule has 1 heterocycles. The molecule has 9 heteroatoms. The van der Waals surface area contributed by atoms with E-state index < -0.39 is 0 Å². The number of carbonyl (C=O) groups excluding carboxylic acids is 2. The molecular weight excluding hydrogens is 348 g/mol. The van der Waals surface area contributed by atoms with E-state index in [1.54, 1.807) is 44.7 Å². The summed E-state index contributed by atoms with van der Waals surface area (Å²) < 4.78 is 4.81. The fourth-order valence-corrected chi connectivity index (χ4v) is 2.35. The van der Waals surface area contributed by atoms with Crippen molar-refractivity contribution in [1.82, 2.24) is 14.9 Å². The predicted octanol–water partition coefficient (Wildman–Crippen LogP) is 2.08. The van der Waals surface area contributed by atoms with Crippen molar-refractivity contribution in [3.05, 3.63) is 41.7 Å². The van der Waals surface area contributed by atoms with E-state index in [1.807, 2.05) is 6.92 Å². The van der Waals surface area contributed by atoms with Crippen molar-refractivity contribution in [3.63, 3.8) is 0 Å². The number of ether oxygens (including phenoxy) is 1. The third-order valence-electron chi connectivity index (χ3n) is 3.82. The highest BCUT2D eigenvalue weighted by Crippen LogP contribution is 2.23. The Bertz CT molecular complexity index is 794. The van der Waals surface area contributed by atoms with Gasteiger partial charge in [0, 0.05) is 50.5 Å². The molecule has 3 N–H and O–H groups in total. The van der Waals surface area contributed by atoms with Crippen LogP contribution in [-0.2, 0) is 16.1 Å². The van der Waals surface area contributed by atoms with E-state index in [-0.39, 0.29) is 18.5 Å². The summed E-state index contributed by atoms with van der Waals surface area (Å²) in [5.41, 5.74) is 2.80. The average Bonchev–Trinajstić information content (AvgIpc) is 2.65. The Morgan fingerprint density at radius 2 is 1.78 bits per heavy atom. The largest absolute Gasteiger partial charge is 0.375 e. The van der Waals surface area contributed by atoms with Gasteiger partial charge in [-0.2, -0.15) is 0 Å². The van der Waals surface area contributed by atoms with Crippen LogP contribution in [0.25, 0.3) is 0 Å². The molecule has 2 aromatic rings. The fraction of sp³-hybridized carbons (Fsp3) is 0.333. The molecule has 0 spiro atoms. The molecule has 1 aromatic carbocycles. The molecule has 0 aliphatic rings. The first kappa shape index (κ1) is 20.1. The maximum atomic E-state index is 12.5. The molecule has 144 valence electrons. The molecule has 0 saturated heterocycles. The smallest absolute Gasteiger partial charge is 0.321 e. The molecule has 0 atom stereocenters. The number of amides is 3. The molecule has 0 saturated carbocycles. The molecule has 0 aliphatic carbocycles. The monoisotopic (exact) mass is 372 g/mol. The van der Waals surface area contributed by atoms with Gasteiger partial charge in [-0.15, -0.1) is 0 Å². The number of nitrogens with zero attached hydrogens (tertiary/aromatic N) is 3. The lowest BCUT2D eigenvalue weighted by atomic mass is 10.1. The quantitative estimate of drug-likeness (QED) is 0.687. The van der Waals surface area contributed by atoms with E-state index in [1.165, 1.54) is 12.0 Å². The van der Waals surface area contributed by atoms with Gasteiger partial charge in [-0.25, -0.2) is 14.8 Å². The number of carbonyl (C=O) groups is 2. The number of urea groups is 1. The highest BCUT2D eigenvalue weighted by molar-refractivity contribution is 5.95. The second kappa shape index (κ2) is 9.48. The van der Waals surface area contributed by atoms with E-state index in [2.05, 4.69) is 25.9 Å². The van der Waals surface area contributed by atoms with Crippen LogP contribution in [0.15, 0.2) is 30.6 Å². The molecule has 2 rings (SSSR count). The standard InChI is InChI=1S/C18H24N6O3/c1-12-14(22-16(25)11-27-4)6-5-7-15(12)23-18(26)24(3)10-13-8-20-17(19-2)21-9-13/h5-9H,10-11H2,1-4H3,(H,22,25)(H,23,26)(H,19,20,21). The van der Waals surface area contributed by atoms with Crippen LogP contribution >= 0.6 is 0 Å². The molecular formula is C18H24N6O3. The van der Waals surface area contributed by atoms with Crippen LogP contribution in [0.3, 0.4) is 0 Å². The molecule has 1 aromatic heterocycles. The number of aromatic nitrogens is 2. The molecule has 0 radical (unpaired) electrons. The minimum atomic E-state index is -0.281. The van der Waals surface area contributed by atoms with Crippen molar-refractivity contribution < 1.29 is 14.3 Å². The lowest BCUT2D eigenvalue weighted by Crippen LogP contribution is -2.31. The van der Waals surface area contributed by atoms with Gasteiger partial charge in [0.1, 0.15) is 6.61 Å². The maximum absolute atomic E-state index is 12.5. The van der Waals surface area contributed by atoms with Crippen LogP contribution in [0.2, 0.25) is 0 Å². The van der Waals surface area contributed by atoms with Crippen molar-refractivity contribution >= 4 is 29.3 Å².